The summed E-state index contributed by atoms with van der Waals surface area (Å²) < 4.78 is 41.7. The second kappa shape index (κ2) is 18.7. The van der Waals surface area contributed by atoms with Crippen molar-refractivity contribution in [2.45, 2.75) is 224 Å². The molecule has 3 heterocycles. The number of aliphatic hydroxyl groups excluding tert-OH is 7. The average molecular weight is 1010 g/mol. The van der Waals surface area contributed by atoms with Gasteiger partial charge in [0, 0.05) is 18.8 Å². The normalized spacial score (nSPS) is 52.6. The van der Waals surface area contributed by atoms with Gasteiger partial charge in [-0.3, -0.25) is 9.59 Å². The molecular formula is C50H76O21. The zero-order valence-corrected chi connectivity index (χ0v) is 42.0. The van der Waals surface area contributed by atoms with Crippen LogP contribution >= 0.6 is 0 Å². The Kier molecular flexibility index (Phi) is 14.3. The Morgan fingerprint density at radius 2 is 1.15 bits per heavy atom. The van der Waals surface area contributed by atoms with Crippen molar-refractivity contribution in [3.63, 3.8) is 0 Å². The second-order valence-corrected chi connectivity index (χ2v) is 24.1. The molecule has 0 bridgehead atoms. The quantitative estimate of drug-likeness (QED) is 0.0841. The highest BCUT2D eigenvalue weighted by molar-refractivity contribution is 5.75. The lowest BCUT2D eigenvalue weighted by Crippen LogP contribution is -2.68. The van der Waals surface area contributed by atoms with Crippen molar-refractivity contribution < 1.29 is 103 Å². The highest BCUT2D eigenvalue weighted by Crippen LogP contribution is 2.76. The first-order valence-corrected chi connectivity index (χ1v) is 25.1. The Hall–Kier alpha value is -2.90. The molecule has 0 aromatic carbocycles. The lowest BCUT2D eigenvalue weighted by molar-refractivity contribution is -0.392. The average Bonchev–Trinajstić information content (AvgIpc) is 3.28. The molecule has 0 unspecified atom stereocenters. The molecule has 8 rings (SSSR count). The molecule has 10 N–H and O–H groups in total. The molecule has 0 amide bonds. The van der Waals surface area contributed by atoms with E-state index in [9.17, 15) is 70.2 Å². The van der Waals surface area contributed by atoms with E-state index in [0.717, 1.165) is 32.1 Å². The van der Waals surface area contributed by atoms with E-state index in [1.165, 1.54) is 19.4 Å². The van der Waals surface area contributed by atoms with Crippen LogP contribution in [0.25, 0.3) is 0 Å². The number of aliphatic carboxylic acids is 3. The third-order valence-corrected chi connectivity index (χ3v) is 19.9. The highest BCUT2D eigenvalue weighted by Gasteiger charge is 2.70. The van der Waals surface area contributed by atoms with Crippen LogP contribution < -0.4 is 0 Å². The summed E-state index contributed by atoms with van der Waals surface area (Å²) in [6, 6.07) is 0. The predicted molar refractivity (Wildman–Crippen MR) is 241 cm³/mol. The minimum atomic E-state index is -2.16. The Morgan fingerprint density at radius 1 is 0.592 bits per heavy atom. The molecule has 0 aromatic heterocycles. The predicted octanol–water partition coefficient (Wildman–Crippen LogP) is 1.46. The number of hydrogen-bond donors (Lipinski definition) is 10. The Labute approximate surface area is 412 Å². The number of hydrogen-bond acceptors (Lipinski definition) is 18. The molecule has 3 saturated heterocycles. The maximum absolute atomic E-state index is 12.9. The van der Waals surface area contributed by atoms with Crippen molar-refractivity contribution in [3.8, 4) is 0 Å². The number of carbonyl (C=O) groups excluding carboxylic acids is 1. The van der Waals surface area contributed by atoms with Crippen molar-refractivity contribution in [2.75, 3.05) is 0 Å². The van der Waals surface area contributed by atoms with E-state index in [-0.39, 0.29) is 40.4 Å². The Morgan fingerprint density at radius 3 is 1.70 bits per heavy atom. The Bertz CT molecular complexity index is 2100. The van der Waals surface area contributed by atoms with Crippen LogP contribution in [-0.4, -0.2) is 179 Å². The number of aliphatic hydroxyl groups is 7. The number of allylic oxidation sites excluding steroid dienone is 2. The van der Waals surface area contributed by atoms with E-state index in [2.05, 4.69) is 47.6 Å². The fourth-order valence-electron chi connectivity index (χ4n) is 15.4. The van der Waals surface area contributed by atoms with Crippen LogP contribution in [0.2, 0.25) is 0 Å². The number of carboxylic acid groups (broad SMARTS) is 3. The standard InChI is InChI=1S/C50H76O21/c1-20-28(52)29(53)34(58)41(65-20)70-38-33(57)31(55)36(40(61)62)69-43(38)71-37-32(56)30(54)35(39(59)60)68-42(37)67-26-13-14-48(7)24(45(26,3)4)12-15-50(9)25(48)11-10-22-23-18-46(5,44(63)64)19-27(66-21(2)51)47(23,6)16-17-49(22,50)8/h10,20,23-38,41-43,52-58H,11-19H2,1-9H3,(H,59,60)(H,61,62)(H,63,64)/t20-,23+,24+,25-,26+,27-,28-,29+,30+,31+,32+,33+,34+,35+,36+,37-,38-,41-,42+,43+,46-,47-,48+,49-,50-/m1/s1. The molecule has 3 aliphatic heterocycles. The number of ether oxygens (including phenoxy) is 7. The van der Waals surface area contributed by atoms with Gasteiger partial charge in [-0.25, -0.2) is 9.59 Å². The molecule has 4 saturated carbocycles. The van der Waals surface area contributed by atoms with Crippen LogP contribution in [0.1, 0.15) is 120 Å². The molecule has 0 aromatic rings. The molecule has 7 fully saturated rings. The van der Waals surface area contributed by atoms with Gasteiger partial charge in [0.05, 0.1) is 17.6 Å². The van der Waals surface area contributed by atoms with Crippen molar-refractivity contribution in [3.05, 3.63) is 11.6 Å². The minimum absolute atomic E-state index is 0.0110. The second-order valence-electron chi connectivity index (χ2n) is 24.1. The lowest BCUT2D eigenvalue weighted by atomic mass is 9.33. The number of esters is 1. The number of rotatable bonds is 10. The van der Waals surface area contributed by atoms with Gasteiger partial charge in [0.25, 0.3) is 0 Å². The monoisotopic (exact) mass is 1010 g/mol. The number of fused-ring (bicyclic) bond motifs is 7. The van der Waals surface area contributed by atoms with Gasteiger partial charge in [0.2, 0.25) is 0 Å². The van der Waals surface area contributed by atoms with Crippen LogP contribution in [-0.2, 0) is 52.3 Å². The van der Waals surface area contributed by atoms with Gasteiger partial charge in [0.1, 0.15) is 61.0 Å². The third kappa shape index (κ3) is 8.58. The maximum atomic E-state index is 12.9. The van der Waals surface area contributed by atoms with Gasteiger partial charge in [-0.2, -0.15) is 0 Å². The molecule has 21 nitrogen and oxygen atoms in total. The van der Waals surface area contributed by atoms with Gasteiger partial charge < -0.3 is 84.2 Å². The van der Waals surface area contributed by atoms with E-state index in [0.29, 0.717) is 19.3 Å². The molecule has 402 valence electrons. The van der Waals surface area contributed by atoms with Gasteiger partial charge in [0.15, 0.2) is 31.1 Å². The third-order valence-electron chi connectivity index (χ3n) is 19.9. The van der Waals surface area contributed by atoms with Gasteiger partial charge in [-0.15, -0.1) is 0 Å². The van der Waals surface area contributed by atoms with Crippen LogP contribution in [0, 0.1) is 50.2 Å². The van der Waals surface area contributed by atoms with E-state index >= 15 is 0 Å². The number of carbonyl (C=O) groups is 4. The van der Waals surface area contributed by atoms with Crippen LogP contribution in [0.4, 0.5) is 0 Å². The zero-order chi connectivity index (χ0) is 52.5. The first-order chi connectivity index (χ1) is 32.9. The van der Waals surface area contributed by atoms with E-state index < -0.39 is 144 Å². The van der Waals surface area contributed by atoms with Crippen molar-refractivity contribution >= 4 is 23.9 Å². The molecule has 8 aliphatic rings. The van der Waals surface area contributed by atoms with Crippen LogP contribution in [0.15, 0.2) is 11.6 Å². The van der Waals surface area contributed by atoms with Gasteiger partial charge in [-0.1, -0.05) is 53.2 Å². The maximum Gasteiger partial charge on any atom is 0.335 e. The van der Waals surface area contributed by atoms with E-state index in [1.807, 2.05) is 0 Å². The van der Waals surface area contributed by atoms with Crippen LogP contribution in [0.5, 0.6) is 0 Å². The summed E-state index contributed by atoms with van der Waals surface area (Å²) in [5.41, 5.74) is -1.76. The molecule has 0 spiro atoms. The summed E-state index contributed by atoms with van der Waals surface area (Å²) in [6.45, 7) is 17.8. The summed E-state index contributed by atoms with van der Waals surface area (Å²) in [6.07, 6.45) is -21.8. The highest BCUT2D eigenvalue weighted by atomic mass is 16.8. The van der Waals surface area contributed by atoms with Crippen molar-refractivity contribution in [1.82, 2.24) is 0 Å². The molecule has 0 radical (unpaired) electrons. The summed E-state index contributed by atoms with van der Waals surface area (Å²) >= 11 is 0. The molecule has 5 aliphatic carbocycles. The van der Waals surface area contributed by atoms with Gasteiger partial charge >= 0.3 is 23.9 Å². The molecular weight excluding hydrogens is 937 g/mol. The summed E-state index contributed by atoms with van der Waals surface area (Å²) in [4.78, 5) is 50.1. The summed E-state index contributed by atoms with van der Waals surface area (Å²) in [5, 5.41) is 107. The SMILES string of the molecule is CC(=O)O[C@@H]1C[C@](C)(C(=O)O)C[C@H]2C3=CC[C@@H]4[C@@]5(C)CC[C@H](O[C@H]6O[C@H](C(=O)O)[C@@H](O)[C@H](O)[C@H]6O[C@@H]6O[C@H](C(=O)O)[C@@H](O)[C@H](O)[C@H]6O[C@H]6O[C@H](C)[C@@H](O)[C@H](O)[C@@H]6O)C(C)(C)[C@@H]5CC[C@@]4(C)[C@]3(C)CC[C@@]12C. The topological polar surface area (TPSA) is 335 Å². The first kappa shape index (κ1) is 54.4. The van der Waals surface area contributed by atoms with E-state index in [4.69, 9.17) is 33.2 Å². The number of carboxylic acids is 3. The fraction of sp³-hybridized carbons (Fsp3) is 0.880. The van der Waals surface area contributed by atoms with Gasteiger partial charge in [-0.05, 0) is 105 Å². The van der Waals surface area contributed by atoms with Crippen molar-refractivity contribution in [2.24, 2.45) is 50.2 Å². The summed E-state index contributed by atoms with van der Waals surface area (Å²) in [7, 11) is 0. The van der Waals surface area contributed by atoms with Crippen LogP contribution in [0.3, 0.4) is 0 Å². The molecule has 25 atom stereocenters. The molecule has 21 heteroatoms. The smallest absolute Gasteiger partial charge is 0.335 e. The first-order valence-electron chi connectivity index (χ1n) is 25.1. The summed E-state index contributed by atoms with van der Waals surface area (Å²) in [5.74, 6) is -4.64. The molecule has 71 heavy (non-hydrogen) atoms. The van der Waals surface area contributed by atoms with E-state index in [1.54, 1.807) is 6.92 Å². The largest absolute Gasteiger partial charge is 0.481 e. The minimum Gasteiger partial charge on any atom is -0.481 e. The Balaban J connectivity index is 1.07. The zero-order valence-electron chi connectivity index (χ0n) is 42.0. The van der Waals surface area contributed by atoms with Crippen molar-refractivity contribution in [1.29, 1.82) is 0 Å². The lowest BCUT2D eigenvalue weighted by Gasteiger charge is -2.71. The fourth-order valence-corrected chi connectivity index (χ4v) is 15.4.